The molecular formula is C35H50ClN5O7S3. The normalized spacial score (nSPS) is 16.7. The third-order valence-electron chi connectivity index (χ3n) is 9.62. The lowest BCUT2D eigenvalue weighted by atomic mass is 9.92. The SMILES string of the molecule is CC(C)(C(=O)Nc1nc(-c2ccc(Cl)cc2)cs1)S(=O)(=O)C1CCCC1.Cn1nc(C(C)(C)C)cc1NC(=O)C(C)(C)S(=O)(=O)C1CCOCC1. The van der Waals surface area contributed by atoms with Gasteiger partial charge in [-0.3, -0.25) is 14.3 Å². The molecule has 1 saturated heterocycles. The van der Waals surface area contributed by atoms with Crippen molar-refractivity contribution in [2.24, 2.45) is 7.05 Å². The first-order valence-electron chi connectivity index (χ1n) is 17.0. The topological polar surface area (TPSA) is 166 Å². The fraction of sp³-hybridized carbons (Fsp3) is 0.600. The van der Waals surface area contributed by atoms with Gasteiger partial charge in [0, 0.05) is 47.7 Å². The van der Waals surface area contributed by atoms with E-state index in [4.69, 9.17) is 16.3 Å². The zero-order chi connectivity index (χ0) is 38.0. The lowest BCUT2D eigenvalue weighted by Crippen LogP contribution is -2.50. The summed E-state index contributed by atoms with van der Waals surface area (Å²) in [6.07, 6.45) is 3.93. The summed E-state index contributed by atoms with van der Waals surface area (Å²) in [4.78, 5) is 29.9. The lowest BCUT2D eigenvalue weighted by molar-refractivity contribution is -0.118. The summed E-state index contributed by atoms with van der Waals surface area (Å²) in [5, 5.41) is 11.7. The summed E-state index contributed by atoms with van der Waals surface area (Å²) in [7, 11) is -5.47. The Bertz CT molecular complexity index is 1920. The number of thiazole rings is 1. The van der Waals surface area contributed by atoms with Crippen LogP contribution < -0.4 is 10.6 Å². The van der Waals surface area contributed by atoms with Gasteiger partial charge in [0.05, 0.1) is 21.9 Å². The van der Waals surface area contributed by atoms with Crippen LogP contribution in [0.4, 0.5) is 10.9 Å². The Morgan fingerprint density at radius 2 is 1.35 bits per heavy atom. The molecule has 5 rings (SSSR count). The minimum Gasteiger partial charge on any atom is -0.381 e. The molecule has 2 aliphatic rings. The Hall–Kier alpha value is -2.85. The van der Waals surface area contributed by atoms with Gasteiger partial charge in [-0.15, -0.1) is 11.3 Å². The highest BCUT2D eigenvalue weighted by Crippen LogP contribution is 2.34. The van der Waals surface area contributed by atoms with Gasteiger partial charge in [-0.25, -0.2) is 21.8 Å². The number of hydrogen-bond donors (Lipinski definition) is 2. The van der Waals surface area contributed by atoms with Gasteiger partial charge in [-0.05, 0) is 65.5 Å². The van der Waals surface area contributed by atoms with Crippen LogP contribution in [0.1, 0.15) is 92.7 Å². The monoisotopic (exact) mass is 783 g/mol. The molecule has 0 bridgehead atoms. The molecule has 1 aliphatic heterocycles. The molecule has 51 heavy (non-hydrogen) atoms. The number of carbonyl (C=O) groups excluding carboxylic acids is 2. The minimum atomic E-state index is -3.64. The summed E-state index contributed by atoms with van der Waals surface area (Å²) in [6, 6.07) is 9.02. The third kappa shape index (κ3) is 9.03. The zero-order valence-electron chi connectivity index (χ0n) is 30.6. The molecule has 282 valence electrons. The Morgan fingerprint density at radius 1 is 0.843 bits per heavy atom. The predicted octanol–water partition coefficient (Wildman–Crippen LogP) is 6.57. The van der Waals surface area contributed by atoms with Crippen LogP contribution >= 0.6 is 22.9 Å². The van der Waals surface area contributed by atoms with Gasteiger partial charge in [-0.2, -0.15) is 5.10 Å². The molecular weight excluding hydrogens is 734 g/mol. The number of rotatable bonds is 9. The first-order valence-corrected chi connectivity index (χ1v) is 21.4. The van der Waals surface area contributed by atoms with Crippen molar-refractivity contribution in [1.82, 2.24) is 14.8 Å². The summed E-state index contributed by atoms with van der Waals surface area (Å²) in [6.45, 7) is 12.8. The molecule has 2 fully saturated rings. The van der Waals surface area contributed by atoms with Crippen LogP contribution in [0.3, 0.4) is 0 Å². The Labute approximate surface area is 310 Å². The molecule has 3 aromatic rings. The Balaban J connectivity index is 0.000000229. The second-order valence-corrected chi connectivity index (χ2v) is 21.9. The highest BCUT2D eigenvalue weighted by molar-refractivity contribution is 7.94. The number of aromatic nitrogens is 3. The van der Waals surface area contributed by atoms with Gasteiger partial charge in [0.15, 0.2) is 24.8 Å². The maximum atomic E-state index is 12.9. The van der Waals surface area contributed by atoms with Crippen molar-refractivity contribution in [2.75, 3.05) is 23.8 Å². The van der Waals surface area contributed by atoms with Crippen LogP contribution in [0.2, 0.25) is 5.02 Å². The average Bonchev–Trinajstić information content (AvgIpc) is 3.84. The number of hydrogen-bond acceptors (Lipinski definition) is 10. The van der Waals surface area contributed by atoms with Gasteiger partial charge in [0.25, 0.3) is 0 Å². The number of carbonyl (C=O) groups is 2. The molecule has 1 aromatic carbocycles. The third-order valence-corrected chi connectivity index (χ3v) is 16.5. The van der Waals surface area contributed by atoms with Crippen LogP contribution in [0.5, 0.6) is 0 Å². The van der Waals surface area contributed by atoms with Crippen LogP contribution in [-0.4, -0.2) is 76.6 Å². The predicted molar refractivity (Wildman–Crippen MR) is 204 cm³/mol. The molecule has 12 nitrogen and oxygen atoms in total. The summed E-state index contributed by atoms with van der Waals surface area (Å²) < 4.78 is 55.4. The van der Waals surface area contributed by atoms with Gasteiger partial charge in [-0.1, -0.05) is 57.3 Å². The molecule has 3 heterocycles. The number of anilines is 2. The lowest BCUT2D eigenvalue weighted by Gasteiger charge is -2.31. The number of sulfone groups is 2. The van der Waals surface area contributed by atoms with E-state index in [1.54, 1.807) is 29.9 Å². The van der Waals surface area contributed by atoms with E-state index in [0.29, 0.717) is 60.6 Å². The average molecular weight is 784 g/mol. The van der Waals surface area contributed by atoms with Crippen LogP contribution in [0, 0.1) is 0 Å². The fourth-order valence-electron chi connectivity index (χ4n) is 5.83. The maximum absolute atomic E-state index is 12.9. The number of aryl methyl sites for hydroxylation is 1. The van der Waals surface area contributed by atoms with Gasteiger partial charge < -0.3 is 15.4 Å². The van der Waals surface area contributed by atoms with Crippen molar-refractivity contribution >= 4 is 65.4 Å². The molecule has 0 unspecified atom stereocenters. The van der Waals surface area contributed by atoms with Crippen molar-refractivity contribution in [3.05, 3.63) is 46.4 Å². The zero-order valence-corrected chi connectivity index (χ0v) is 33.8. The van der Waals surface area contributed by atoms with Crippen LogP contribution in [0.25, 0.3) is 11.3 Å². The molecule has 1 saturated carbocycles. The highest BCUT2D eigenvalue weighted by atomic mass is 35.5. The van der Waals surface area contributed by atoms with Crippen molar-refractivity contribution < 1.29 is 31.2 Å². The van der Waals surface area contributed by atoms with Gasteiger partial charge in [0.1, 0.15) is 15.3 Å². The van der Waals surface area contributed by atoms with Gasteiger partial charge >= 0.3 is 0 Å². The van der Waals surface area contributed by atoms with E-state index in [2.05, 4.69) is 20.7 Å². The van der Waals surface area contributed by atoms with Crippen molar-refractivity contribution in [3.8, 4) is 11.3 Å². The van der Waals surface area contributed by atoms with Crippen LogP contribution in [0.15, 0.2) is 35.7 Å². The van der Waals surface area contributed by atoms with Crippen molar-refractivity contribution in [3.63, 3.8) is 0 Å². The fourth-order valence-corrected chi connectivity index (χ4v) is 10.7. The van der Waals surface area contributed by atoms with E-state index in [0.717, 1.165) is 24.1 Å². The van der Waals surface area contributed by atoms with E-state index < -0.39 is 51.5 Å². The molecule has 0 atom stereocenters. The molecule has 2 aromatic heterocycles. The van der Waals surface area contributed by atoms with Gasteiger partial charge in [0.2, 0.25) is 11.8 Å². The Morgan fingerprint density at radius 3 is 1.86 bits per heavy atom. The molecule has 0 radical (unpaired) electrons. The van der Waals surface area contributed by atoms with Crippen molar-refractivity contribution in [2.45, 2.75) is 112 Å². The van der Waals surface area contributed by atoms with E-state index >= 15 is 0 Å². The first-order chi connectivity index (χ1) is 23.6. The largest absolute Gasteiger partial charge is 0.381 e. The summed E-state index contributed by atoms with van der Waals surface area (Å²) in [5.74, 6) is -0.589. The quantitative estimate of drug-likeness (QED) is 0.244. The van der Waals surface area contributed by atoms with Crippen molar-refractivity contribution in [1.29, 1.82) is 0 Å². The highest BCUT2D eigenvalue weighted by Gasteiger charge is 2.48. The standard InChI is InChI=1S/C18H21ClN2O3S2.C17H29N3O4S/c1-18(2,26(23,24)14-5-3-4-6-14)16(22)21-17-20-15(11-25-17)12-7-9-13(19)10-8-12;1-16(2,3)13-11-14(20(6)19-13)18-15(21)17(4,5)25(22,23)12-7-9-24-10-8-12/h7-11,14H,3-6H2,1-2H3,(H,20,21,22);11-12H,7-10H2,1-6H3,(H,18,21). The molecule has 16 heteroatoms. The first kappa shape index (κ1) is 40.9. The van der Waals surface area contributed by atoms with E-state index in [1.165, 1.54) is 39.0 Å². The van der Waals surface area contributed by atoms with E-state index in [9.17, 15) is 26.4 Å². The number of nitrogens with one attached hydrogen (secondary N) is 2. The number of halogens is 1. The molecule has 0 spiro atoms. The number of amides is 2. The maximum Gasteiger partial charge on any atom is 0.247 e. The summed E-state index contributed by atoms with van der Waals surface area (Å²) >= 11 is 7.15. The number of benzene rings is 1. The molecule has 1 aliphatic carbocycles. The van der Waals surface area contributed by atoms with Crippen LogP contribution in [-0.2, 0) is 46.5 Å². The second kappa shape index (κ2) is 15.6. The minimum absolute atomic E-state index is 0.162. The summed E-state index contributed by atoms with van der Waals surface area (Å²) in [5.41, 5.74) is 2.25. The molecule has 2 amide bonds. The second-order valence-electron chi connectivity index (χ2n) is 15.1. The smallest absolute Gasteiger partial charge is 0.247 e. The number of ether oxygens (including phenoxy) is 1. The number of nitrogens with zero attached hydrogens (tertiary/aromatic N) is 3. The van der Waals surface area contributed by atoms with E-state index in [1.807, 2.05) is 38.3 Å². The Kier molecular flexibility index (Phi) is 12.5. The van der Waals surface area contributed by atoms with E-state index in [-0.39, 0.29) is 5.41 Å². The molecule has 2 N–H and O–H groups in total.